The van der Waals surface area contributed by atoms with Crippen molar-refractivity contribution < 1.29 is 4.42 Å². The number of rotatable bonds is 0. The zero-order valence-corrected chi connectivity index (χ0v) is 7.57. The highest BCUT2D eigenvalue weighted by Crippen LogP contribution is 2.19. The van der Waals surface area contributed by atoms with Gasteiger partial charge in [-0.05, 0) is 18.6 Å². The minimum atomic E-state index is -0.431. The fourth-order valence-corrected chi connectivity index (χ4v) is 1.37. The maximum Gasteiger partial charge on any atom is 0.336 e. The summed E-state index contributed by atoms with van der Waals surface area (Å²) in [5.74, 6) is 0. The van der Waals surface area contributed by atoms with Crippen LogP contribution in [0.3, 0.4) is 0 Å². The first-order chi connectivity index (χ1) is 6.72. The Kier molecular flexibility index (Phi) is 1.83. The Labute approximate surface area is 80.2 Å². The molecule has 2 aromatic rings. The lowest BCUT2D eigenvalue weighted by Crippen LogP contribution is -1.96. The molecule has 1 heterocycles. The van der Waals surface area contributed by atoms with Gasteiger partial charge in [0.15, 0.2) is 5.58 Å². The minimum absolute atomic E-state index is 0.375. The molecule has 0 amide bonds. The van der Waals surface area contributed by atoms with Gasteiger partial charge in [0.2, 0.25) is 0 Å². The van der Waals surface area contributed by atoms with Crippen molar-refractivity contribution in [2.45, 2.75) is 6.92 Å². The molecular formula is C11H7NO2. The summed E-state index contributed by atoms with van der Waals surface area (Å²) in [7, 11) is 0. The van der Waals surface area contributed by atoms with Gasteiger partial charge in [-0.3, -0.25) is 0 Å². The summed E-state index contributed by atoms with van der Waals surface area (Å²) >= 11 is 0. The van der Waals surface area contributed by atoms with E-state index in [9.17, 15) is 4.79 Å². The molecule has 0 fully saturated rings. The minimum Gasteiger partial charge on any atom is -0.421 e. The molecule has 0 saturated carbocycles. The lowest BCUT2D eigenvalue weighted by molar-refractivity contribution is 0.560. The molecular weight excluding hydrogens is 178 g/mol. The van der Waals surface area contributed by atoms with Gasteiger partial charge in [-0.1, -0.05) is 12.1 Å². The maximum absolute atomic E-state index is 11.0. The Bertz CT molecular complexity index is 590. The van der Waals surface area contributed by atoms with E-state index in [4.69, 9.17) is 9.68 Å². The molecule has 0 bridgehead atoms. The highest BCUT2D eigenvalue weighted by Gasteiger charge is 2.06. The first kappa shape index (κ1) is 8.52. The molecule has 0 unspecified atom stereocenters. The van der Waals surface area contributed by atoms with Crippen LogP contribution >= 0.6 is 0 Å². The molecule has 0 aliphatic rings. The molecule has 0 saturated heterocycles. The number of hydrogen-bond donors (Lipinski definition) is 0. The summed E-state index contributed by atoms with van der Waals surface area (Å²) in [6.45, 7) is 1.81. The van der Waals surface area contributed by atoms with Gasteiger partial charge in [0.25, 0.3) is 0 Å². The lowest BCUT2D eigenvalue weighted by Gasteiger charge is -2.00. The Morgan fingerprint density at radius 2 is 2.00 bits per heavy atom. The molecule has 0 aliphatic carbocycles. The van der Waals surface area contributed by atoms with Gasteiger partial charge >= 0.3 is 5.63 Å². The number of hydrogen-bond acceptors (Lipinski definition) is 3. The average molecular weight is 185 g/mol. The second kappa shape index (κ2) is 3.00. The van der Waals surface area contributed by atoms with E-state index in [1.807, 2.05) is 25.1 Å². The number of benzene rings is 1. The second-order valence-electron chi connectivity index (χ2n) is 3.04. The zero-order valence-electron chi connectivity index (χ0n) is 7.57. The standard InChI is InChI=1S/C11H7NO2/c1-7-2-3-8-4-5-10(13)14-11(8)9(7)6-12/h2-5H,1H3. The van der Waals surface area contributed by atoms with Crippen LogP contribution in [0.2, 0.25) is 0 Å². The Hall–Kier alpha value is -2.08. The van der Waals surface area contributed by atoms with Crippen LogP contribution in [0.1, 0.15) is 11.1 Å². The monoisotopic (exact) mass is 185 g/mol. The number of aryl methyl sites for hydroxylation is 1. The SMILES string of the molecule is Cc1ccc2ccc(=O)oc2c1C#N. The molecule has 14 heavy (non-hydrogen) atoms. The Morgan fingerprint density at radius 1 is 1.29 bits per heavy atom. The van der Waals surface area contributed by atoms with E-state index >= 15 is 0 Å². The third kappa shape index (κ3) is 1.17. The van der Waals surface area contributed by atoms with Crippen LogP contribution in [0.25, 0.3) is 11.0 Å². The first-order valence-corrected chi connectivity index (χ1v) is 4.16. The van der Waals surface area contributed by atoms with E-state index in [0.717, 1.165) is 10.9 Å². The van der Waals surface area contributed by atoms with E-state index in [1.165, 1.54) is 6.07 Å². The van der Waals surface area contributed by atoms with Crippen molar-refractivity contribution in [3.8, 4) is 6.07 Å². The summed E-state index contributed by atoms with van der Waals surface area (Å²) in [5, 5.41) is 9.67. The molecule has 2 rings (SSSR count). The molecule has 68 valence electrons. The van der Waals surface area contributed by atoms with Gasteiger partial charge in [0, 0.05) is 11.5 Å². The van der Waals surface area contributed by atoms with Crippen molar-refractivity contribution in [2.75, 3.05) is 0 Å². The van der Waals surface area contributed by atoms with Gasteiger partial charge in [0.1, 0.15) is 6.07 Å². The summed E-state index contributed by atoms with van der Waals surface area (Å²) in [6, 6.07) is 8.70. The van der Waals surface area contributed by atoms with E-state index < -0.39 is 5.63 Å². The van der Waals surface area contributed by atoms with Gasteiger partial charge < -0.3 is 4.42 Å². The molecule has 0 N–H and O–H groups in total. The first-order valence-electron chi connectivity index (χ1n) is 4.16. The molecule has 0 radical (unpaired) electrons. The summed E-state index contributed by atoms with van der Waals surface area (Å²) in [4.78, 5) is 11.0. The Balaban J connectivity index is 3.00. The molecule has 1 aromatic heterocycles. The van der Waals surface area contributed by atoms with Crippen LogP contribution < -0.4 is 5.63 Å². The van der Waals surface area contributed by atoms with Crippen LogP contribution in [0.15, 0.2) is 33.5 Å². The molecule has 3 heteroatoms. The normalized spacial score (nSPS) is 10.0. The van der Waals surface area contributed by atoms with Crippen LogP contribution in [-0.4, -0.2) is 0 Å². The van der Waals surface area contributed by atoms with Gasteiger partial charge in [-0.15, -0.1) is 0 Å². The van der Waals surface area contributed by atoms with Crippen molar-refractivity contribution in [3.63, 3.8) is 0 Å². The summed E-state index contributed by atoms with van der Waals surface area (Å²) < 4.78 is 4.99. The maximum atomic E-state index is 11.0. The largest absolute Gasteiger partial charge is 0.421 e. The fourth-order valence-electron chi connectivity index (χ4n) is 1.37. The third-order valence-corrected chi connectivity index (χ3v) is 2.11. The number of fused-ring (bicyclic) bond motifs is 1. The third-order valence-electron chi connectivity index (χ3n) is 2.11. The summed E-state index contributed by atoms with van der Waals surface area (Å²) in [6.07, 6.45) is 0. The molecule has 0 atom stereocenters. The van der Waals surface area contributed by atoms with Crippen molar-refractivity contribution in [3.05, 3.63) is 45.8 Å². The van der Waals surface area contributed by atoms with Gasteiger partial charge in [-0.25, -0.2) is 4.79 Å². The zero-order chi connectivity index (χ0) is 10.1. The molecule has 1 aromatic carbocycles. The van der Waals surface area contributed by atoms with E-state index in [1.54, 1.807) is 6.07 Å². The van der Waals surface area contributed by atoms with E-state index in [-0.39, 0.29) is 0 Å². The summed E-state index contributed by atoms with van der Waals surface area (Å²) in [5.41, 5.74) is 1.19. The average Bonchev–Trinajstić information content (AvgIpc) is 2.17. The van der Waals surface area contributed by atoms with Gasteiger partial charge in [0.05, 0.1) is 5.56 Å². The predicted molar refractivity (Wildman–Crippen MR) is 51.9 cm³/mol. The van der Waals surface area contributed by atoms with Crippen molar-refractivity contribution >= 4 is 11.0 Å². The van der Waals surface area contributed by atoms with E-state index in [2.05, 4.69) is 0 Å². The Morgan fingerprint density at radius 3 is 2.71 bits per heavy atom. The molecule has 0 spiro atoms. The fraction of sp³-hybridized carbons (Fsp3) is 0.0909. The predicted octanol–water partition coefficient (Wildman–Crippen LogP) is 1.97. The highest BCUT2D eigenvalue weighted by molar-refractivity contribution is 5.83. The van der Waals surface area contributed by atoms with E-state index in [0.29, 0.717) is 11.1 Å². The van der Waals surface area contributed by atoms with Crippen molar-refractivity contribution in [2.24, 2.45) is 0 Å². The van der Waals surface area contributed by atoms with Crippen LogP contribution in [-0.2, 0) is 0 Å². The van der Waals surface area contributed by atoms with Crippen LogP contribution in [0.5, 0.6) is 0 Å². The second-order valence-corrected chi connectivity index (χ2v) is 3.04. The smallest absolute Gasteiger partial charge is 0.336 e. The lowest BCUT2D eigenvalue weighted by atomic mass is 10.1. The van der Waals surface area contributed by atoms with Crippen molar-refractivity contribution in [1.29, 1.82) is 5.26 Å². The topological polar surface area (TPSA) is 54.0 Å². The van der Waals surface area contributed by atoms with Crippen molar-refractivity contribution in [1.82, 2.24) is 0 Å². The molecule has 0 aliphatic heterocycles. The van der Waals surface area contributed by atoms with Gasteiger partial charge in [-0.2, -0.15) is 5.26 Å². The quantitative estimate of drug-likeness (QED) is 0.589. The van der Waals surface area contributed by atoms with Crippen LogP contribution in [0, 0.1) is 18.3 Å². The van der Waals surface area contributed by atoms with Crippen LogP contribution in [0.4, 0.5) is 0 Å². The number of nitrogens with zero attached hydrogens (tertiary/aromatic N) is 1. The number of nitriles is 1. The highest BCUT2D eigenvalue weighted by atomic mass is 16.4. The molecule has 3 nitrogen and oxygen atoms in total.